The maximum atomic E-state index is 9.49. The first-order valence-corrected chi connectivity index (χ1v) is 7.79. The first-order valence-electron chi connectivity index (χ1n) is 7.79. The number of aromatic nitrogens is 1. The number of rotatable bonds is 6. The van der Waals surface area contributed by atoms with Crippen molar-refractivity contribution in [3.8, 4) is 5.75 Å². The number of nitrogens with zero attached hydrogens (tertiary/aromatic N) is 1. The summed E-state index contributed by atoms with van der Waals surface area (Å²) in [5, 5.41) is 18.5. The molecule has 0 unspecified atom stereocenters. The van der Waals surface area contributed by atoms with E-state index in [9.17, 15) is 5.11 Å². The van der Waals surface area contributed by atoms with Gasteiger partial charge in [-0.15, -0.1) is 0 Å². The molecule has 0 aliphatic rings. The van der Waals surface area contributed by atoms with Gasteiger partial charge < -0.3 is 15.7 Å². The third-order valence-corrected chi connectivity index (χ3v) is 3.85. The van der Waals surface area contributed by atoms with E-state index in [2.05, 4.69) is 34.7 Å². The Labute approximate surface area is 136 Å². The Balaban J connectivity index is 1.49. The molecule has 3 N–H and O–H groups in total. The van der Waals surface area contributed by atoms with Crippen molar-refractivity contribution in [3.05, 3.63) is 66.0 Å². The monoisotopic (exact) mass is 307 g/mol. The molecule has 0 saturated carbocycles. The van der Waals surface area contributed by atoms with Gasteiger partial charge in [-0.3, -0.25) is 4.98 Å². The van der Waals surface area contributed by atoms with Crippen molar-refractivity contribution in [3.63, 3.8) is 0 Å². The number of phenolic OH excluding ortho intramolecular Hbond substituents is 1. The average molecular weight is 307 g/mol. The number of hydrogen-bond acceptors (Lipinski definition) is 4. The topological polar surface area (TPSA) is 57.2 Å². The van der Waals surface area contributed by atoms with E-state index >= 15 is 0 Å². The lowest BCUT2D eigenvalue weighted by molar-refractivity contribution is 0.476. The van der Waals surface area contributed by atoms with E-state index in [0.29, 0.717) is 5.75 Å². The minimum absolute atomic E-state index is 0.306. The first kappa shape index (κ1) is 15.3. The first-order chi connectivity index (χ1) is 11.2. The molecule has 3 aromatic rings. The fourth-order valence-corrected chi connectivity index (χ4v) is 2.58. The van der Waals surface area contributed by atoms with E-state index in [4.69, 9.17) is 0 Å². The smallest absolute Gasteiger partial charge is 0.116 e. The SMILES string of the molecule is Cc1cnccc1NCCNCc1ccc2cc(O)ccc2c1. The Morgan fingerprint density at radius 3 is 2.70 bits per heavy atom. The summed E-state index contributed by atoms with van der Waals surface area (Å²) in [5.41, 5.74) is 3.53. The standard InChI is InChI=1S/C19H21N3O/c1-14-12-20-7-6-19(14)22-9-8-21-13-15-2-3-17-11-18(23)5-4-16(17)10-15/h2-7,10-12,21,23H,8-9,13H2,1H3,(H,20,22). The number of nitrogens with one attached hydrogen (secondary N) is 2. The van der Waals surface area contributed by atoms with Gasteiger partial charge >= 0.3 is 0 Å². The molecule has 0 saturated heterocycles. The summed E-state index contributed by atoms with van der Waals surface area (Å²) in [4.78, 5) is 4.09. The molecule has 0 bridgehead atoms. The Hall–Kier alpha value is -2.59. The molecule has 0 aliphatic carbocycles. The van der Waals surface area contributed by atoms with Crippen molar-refractivity contribution >= 4 is 16.5 Å². The van der Waals surface area contributed by atoms with Crippen LogP contribution in [0.3, 0.4) is 0 Å². The van der Waals surface area contributed by atoms with Gasteiger partial charge in [0.25, 0.3) is 0 Å². The largest absolute Gasteiger partial charge is 0.508 e. The molecule has 4 nitrogen and oxygen atoms in total. The Morgan fingerprint density at radius 1 is 1.00 bits per heavy atom. The maximum Gasteiger partial charge on any atom is 0.116 e. The van der Waals surface area contributed by atoms with Gasteiger partial charge in [-0.05, 0) is 53.1 Å². The second kappa shape index (κ2) is 7.11. The lowest BCUT2D eigenvalue weighted by Crippen LogP contribution is -2.22. The summed E-state index contributed by atoms with van der Waals surface area (Å²) in [5.74, 6) is 0.306. The number of hydrogen-bond donors (Lipinski definition) is 3. The zero-order valence-corrected chi connectivity index (χ0v) is 13.2. The Bertz CT molecular complexity index is 801. The van der Waals surface area contributed by atoms with Crippen molar-refractivity contribution in [1.29, 1.82) is 0 Å². The van der Waals surface area contributed by atoms with Crippen LogP contribution in [0.2, 0.25) is 0 Å². The molecule has 4 heteroatoms. The molecule has 0 atom stereocenters. The molecule has 0 radical (unpaired) electrons. The molecule has 0 spiro atoms. The number of pyridine rings is 1. The highest BCUT2D eigenvalue weighted by Crippen LogP contribution is 2.21. The summed E-state index contributed by atoms with van der Waals surface area (Å²) in [6, 6.07) is 13.7. The minimum Gasteiger partial charge on any atom is -0.508 e. The lowest BCUT2D eigenvalue weighted by Gasteiger charge is -2.10. The van der Waals surface area contributed by atoms with E-state index in [1.807, 2.05) is 24.4 Å². The minimum atomic E-state index is 0.306. The van der Waals surface area contributed by atoms with Gasteiger partial charge in [-0.25, -0.2) is 0 Å². The summed E-state index contributed by atoms with van der Waals surface area (Å²) in [7, 11) is 0. The van der Waals surface area contributed by atoms with Crippen LogP contribution in [0.4, 0.5) is 5.69 Å². The highest BCUT2D eigenvalue weighted by atomic mass is 16.3. The summed E-state index contributed by atoms with van der Waals surface area (Å²) >= 11 is 0. The number of phenols is 1. The van der Waals surface area contributed by atoms with Gasteiger partial charge in [0, 0.05) is 37.7 Å². The average Bonchev–Trinajstić information content (AvgIpc) is 2.56. The zero-order valence-electron chi connectivity index (χ0n) is 13.2. The fraction of sp³-hybridized carbons (Fsp3) is 0.211. The fourth-order valence-electron chi connectivity index (χ4n) is 2.58. The second-order valence-electron chi connectivity index (χ2n) is 5.66. The van der Waals surface area contributed by atoms with Crippen LogP contribution >= 0.6 is 0 Å². The van der Waals surface area contributed by atoms with Crippen LogP contribution in [0, 0.1) is 6.92 Å². The molecule has 3 rings (SSSR count). The summed E-state index contributed by atoms with van der Waals surface area (Å²) in [6.45, 7) is 4.63. The molecule has 2 aromatic carbocycles. The molecule has 23 heavy (non-hydrogen) atoms. The number of fused-ring (bicyclic) bond motifs is 1. The quantitative estimate of drug-likeness (QED) is 0.611. The molecule has 0 fully saturated rings. The van der Waals surface area contributed by atoms with Crippen LogP contribution in [-0.4, -0.2) is 23.2 Å². The predicted octanol–water partition coefficient (Wildman–Crippen LogP) is 3.45. The highest BCUT2D eigenvalue weighted by Gasteiger charge is 1.99. The van der Waals surface area contributed by atoms with E-state index in [1.165, 1.54) is 5.56 Å². The van der Waals surface area contributed by atoms with Crippen molar-refractivity contribution in [2.45, 2.75) is 13.5 Å². The number of aromatic hydroxyl groups is 1. The van der Waals surface area contributed by atoms with Crippen LogP contribution in [0.5, 0.6) is 5.75 Å². The second-order valence-corrected chi connectivity index (χ2v) is 5.66. The molecule has 118 valence electrons. The predicted molar refractivity (Wildman–Crippen MR) is 94.8 cm³/mol. The summed E-state index contributed by atoms with van der Waals surface area (Å²) in [6.07, 6.45) is 3.66. The summed E-state index contributed by atoms with van der Waals surface area (Å²) < 4.78 is 0. The molecule has 0 aliphatic heterocycles. The van der Waals surface area contributed by atoms with Crippen LogP contribution < -0.4 is 10.6 Å². The highest BCUT2D eigenvalue weighted by molar-refractivity contribution is 5.84. The van der Waals surface area contributed by atoms with Crippen LogP contribution in [0.25, 0.3) is 10.8 Å². The molecule has 1 aromatic heterocycles. The van der Waals surface area contributed by atoms with Crippen molar-refractivity contribution < 1.29 is 5.11 Å². The normalized spacial score (nSPS) is 10.8. The van der Waals surface area contributed by atoms with Gasteiger partial charge in [0.2, 0.25) is 0 Å². The lowest BCUT2D eigenvalue weighted by atomic mass is 10.1. The van der Waals surface area contributed by atoms with Gasteiger partial charge in [-0.1, -0.05) is 18.2 Å². The van der Waals surface area contributed by atoms with Crippen LogP contribution in [0.15, 0.2) is 54.9 Å². The van der Waals surface area contributed by atoms with Crippen molar-refractivity contribution in [2.24, 2.45) is 0 Å². The molecule has 0 amide bonds. The molecule has 1 heterocycles. The van der Waals surface area contributed by atoms with Gasteiger partial charge in [0.1, 0.15) is 5.75 Å². The van der Waals surface area contributed by atoms with E-state index < -0.39 is 0 Å². The third kappa shape index (κ3) is 3.99. The van der Waals surface area contributed by atoms with E-state index in [-0.39, 0.29) is 0 Å². The van der Waals surface area contributed by atoms with Gasteiger partial charge in [0.15, 0.2) is 0 Å². The number of anilines is 1. The van der Waals surface area contributed by atoms with Crippen molar-refractivity contribution in [1.82, 2.24) is 10.3 Å². The maximum absolute atomic E-state index is 9.49. The number of aryl methyl sites for hydroxylation is 1. The van der Waals surface area contributed by atoms with E-state index in [1.54, 1.807) is 18.3 Å². The van der Waals surface area contributed by atoms with Gasteiger partial charge in [-0.2, -0.15) is 0 Å². The van der Waals surface area contributed by atoms with Crippen molar-refractivity contribution in [2.75, 3.05) is 18.4 Å². The van der Waals surface area contributed by atoms with Crippen LogP contribution in [-0.2, 0) is 6.54 Å². The Kier molecular flexibility index (Phi) is 4.74. The molecular weight excluding hydrogens is 286 g/mol. The zero-order chi connectivity index (χ0) is 16.1. The van der Waals surface area contributed by atoms with E-state index in [0.717, 1.165) is 41.7 Å². The van der Waals surface area contributed by atoms with Gasteiger partial charge in [0.05, 0.1) is 0 Å². The third-order valence-electron chi connectivity index (χ3n) is 3.85. The van der Waals surface area contributed by atoms with Crippen LogP contribution in [0.1, 0.15) is 11.1 Å². The molecular formula is C19H21N3O. The number of benzene rings is 2. The Morgan fingerprint density at radius 2 is 1.83 bits per heavy atom.